The maximum absolute atomic E-state index is 11.6. The molecule has 0 radical (unpaired) electrons. The van der Waals surface area contributed by atoms with Crippen LogP contribution < -0.4 is 0 Å². The Hall–Kier alpha value is -1.30. The lowest BCUT2D eigenvalue weighted by Crippen LogP contribution is -2.49. The highest BCUT2D eigenvalue weighted by Crippen LogP contribution is 2.32. The van der Waals surface area contributed by atoms with E-state index in [0.717, 1.165) is 19.6 Å². The van der Waals surface area contributed by atoms with E-state index in [2.05, 4.69) is 11.8 Å². The largest absolute Gasteiger partial charge is 0.508 e. The van der Waals surface area contributed by atoms with Crippen LogP contribution in [0.1, 0.15) is 18.5 Å². The standard InChI is InChI=1S/C14H19ClN2O3/c1-2-16-5-7-17(8-6-16)13(14(19)20)11-9-10(15)3-4-12(11)18/h3-4,9,13,18H,2,5-8H2,1H3,(H,19,20). The highest BCUT2D eigenvalue weighted by molar-refractivity contribution is 6.30. The summed E-state index contributed by atoms with van der Waals surface area (Å²) in [6, 6.07) is 3.67. The summed E-state index contributed by atoms with van der Waals surface area (Å²) in [5.41, 5.74) is 0.356. The van der Waals surface area contributed by atoms with Crippen molar-refractivity contribution in [3.63, 3.8) is 0 Å². The van der Waals surface area contributed by atoms with Crippen LogP contribution in [0.5, 0.6) is 5.75 Å². The minimum atomic E-state index is -0.965. The molecule has 0 saturated carbocycles. The number of halogens is 1. The Bertz CT molecular complexity index is 487. The van der Waals surface area contributed by atoms with Gasteiger partial charge in [0.05, 0.1) is 0 Å². The van der Waals surface area contributed by atoms with Gasteiger partial charge in [-0.05, 0) is 24.7 Å². The number of nitrogens with zero attached hydrogens (tertiary/aromatic N) is 2. The van der Waals surface area contributed by atoms with Crippen LogP contribution in [-0.2, 0) is 4.79 Å². The van der Waals surface area contributed by atoms with Crippen molar-refractivity contribution in [2.75, 3.05) is 32.7 Å². The Balaban J connectivity index is 2.24. The van der Waals surface area contributed by atoms with Crippen molar-refractivity contribution in [2.45, 2.75) is 13.0 Å². The van der Waals surface area contributed by atoms with Crippen molar-refractivity contribution in [1.29, 1.82) is 0 Å². The molecule has 1 fully saturated rings. The molecule has 20 heavy (non-hydrogen) atoms. The highest BCUT2D eigenvalue weighted by Gasteiger charge is 2.31. The topological polar surface area (TPSA) is 64.0 Å². The lowest BCUT2D eigenvalue weighted by molar-refractivity contribution is -0.144. The summed E-state index contributed by atoms with van der Waals surface area (Å²) < 4.78 is 0. The molecule has 0 aromatic heterocycles. The van der Waals surface area contributed by atoms with Crippen LogP contribution in [0.3, 0.4) is 0 Å². The zero-order chi connectivity index (χ0) is 14.7. The second-order valence-corrected chi connectivity index (χ2v) is 5.35. The molecule has 1 saturated heterocycles. The van der Waals surface area contributed by atoms with Crippen molar-refractivity contribution in [3.8, 4) is 5.75 Å². The monoisotopic (exact) mass is 298 g/mol. The smallest absolute Gasteiger partial charge is 0.325 e. The van der Waals surface area contributed by atoms with E-state index >= 15 is 0 Å². The second-order valence-electron chi connectivity index (χ2n) is 4.91. The Morgan fingerprint density at radius 3 is 2.55 bits per heavy atom. The lowest BCUT2D eigenvalue weighted by Gasteiger charge is -2.37. The number of aliphatic carboxylic acids is 1. The maximum Gasteiger partial charge on any atom is 0.325 e. The molecule has 1 aliphatic heterocycles. The number of hydrogen-bond acceptors (Lipinski definition) is 4. The Kier molecular flexibility index (Phi) is 4.86. The average molecular weight is 299 g/mol. The fourth-order valence-electron chi connectivity index (χ4n) is 2.57. The summed E-state index contributed by atoms with van der Waals surface area (Å²) in [6.45, 7) is 6.05. The van der Waals surface area contributed by atoms with Crippen molar-refractivity contribution in [2.24, 2.45) is 0 Å². The predicted molar refractivity (Wildman–Crippen MR) is 77.2 cm³/mol. The van der Waals surface area contributed by atoms with E-state index in [4.69, 9.17) is 11.6 Å². The van der Waals surface area contributed by atoms with Gasteiger partial charge in [0.15, 0.2) is 0 Å². The van der Waals surface area contributed by atoms with E-state index in [-0.39, 0.29) is 5.75 Å². The normalized spacial score (nSPS) is 18.9. The maximum atomic E-state index is 11.6. The molecular weight excluding hydrogens is 280 g/mol. The average Bonchev–Trinajstić information content (AvgIpc) is 2.43. The molecule has 1 aromatic rings. The number of carboxylic acids is 1. The van der Waals surface area contributed by atoms with Gasteiger partial charge in [-0.2, -0.15) is 0 Å². The molecule has 1 aromatic carbocycles. The van der Waals surface area contributed by atoms with E-state index in [0.29, 0.717) is 23.7 Å². The first-order valence-electron chi connectivity index (χ1n) is 6.70. The van der Waals surface area contributed by atoms with Gasteiger partial charge < -0.3 is 15.1 Å². The third-order valence-electron chi connectivity index (χ3n) is 3.74. The Morgan fingerprint density at radius 2 is 2.00 bits per heavy atom. The molecule has 0 aliphatic carbocycles. The van der Waals surface area contributed by atoms with Crippen molar-refractivity contribution < 1.29 is 15.0 Å². The highest BCUT2D eigenvalue weighted by atomic mass is 35.5. The molecule has 1 heterocycles. The van der Waals surface area contributed by atoms with E-state index in [9.17, 15) is 15.0 Å². The van der Waals surface area contributed by atoms with Crippen LogP contribution in [0, 0.1) is 0 Å². The first kappa shape index (κ1) is 15.1. The van der Waals surface area contributed by atoms with Gasteiger partial charge in [-0.15, -0.1) is 0 Å². The molecular formula is C14H19ClN2O3. The molecule has 2 rings (SSSR count). The van der Waals surface area contributed by atoms with Gasteiger partial charge >= 0.3 is 5.97 Å². The summed E-state index contributed by atoms with van der Waals surface area (Å²) in [4.78, 5) is 15.8. The number of piperazine rings is 1. The quantitative estimate of drug-likeness (QED) is 0.887. The van der Waals surface area contributed by atoms with Crippen LogP contribution >= 0.6 is 11.6 Å². The van der Waals surface area contributed by atoms with Gasteiger partial charge in [-0.25, -0.2) is 0 Å². The predicted octanol–water partition coefficient (Wildman–Crippen LogP) is 1.81. The molecule has 0 amide bonds. The molecule has 6 heteroatoms. The molecule has 1 atom stereocenters. The summed E-state index contributed by atoms with van der Waals surface area (Å²) in [5, 5.41) is 19.9. The van der Waals surface area contributed by atoms with E-state index in [1.165, 1.54) is 12.1 Å². The third-order valence-corrected chi connectivity index (χ3v) is 3.97. The Morgan fingerprint density at radius 1 is 1.35 bits per heavy atom. The number of likely N-dealkylation sites (N-methyl/N-ethyl adjacent to an activating group) is 1. The molecule has 110 valence electrons. The Labute approximate surface area is 123 Å². The fourth-order valence-corrected chi connectivity index (χ4v) is 2.75. The van der Waals surface area contributed by atoms with Crippen LogP contribution in [0.2, 0.25) is 5.02 Å². The molecule has 1 unspecified atom stereocenters. The van der Waals surface area contributed by atoms with Crippen LogP contribution in [0.4, 0.5) is 0 Å². The van der Waals surface area contributed by atoms with Crippen LogP contribution in [0.15, 0.2) is 18.2 Å². The number of phenols is 1. The van der Waals surface area contributed by atoms with Gasteiger partial charge in [-0.3, -0.25) is 9.69 Å². The van der Waals surface area contributed by atoms with Gasteiger partial charge in [0.1, 0.15) is 11.8 Å². The van der Waals surface area contributed by atoms with Crippen LogP contribution in [-0.4, -0.2) is 58.7 Å². The van der Waals surface area contributed by atoms with Gasteiger partial charge in [0.2, 0.25) is 0 Å². The number of benzene rings is 1. The number of carbonyl (C=O) groups is 1. The fraction of sp³-hybridized carbons (Fsp3) is 0.500. The van der Waals surface area contributed by atoms with E-state index in [1.54, 1.807) is 6.07 Å². The minimum absolute atomic E-state index is 0.0280. The summed E-state index contributed by atoms with van der Waals surface area (Å²) in [6.07, 6.45) is 0. The first-order chi connectivity index (χ1) is 9.52. The second kappa shape index (κ2) is 6.43. The molecule has 0 spiro atoms. The number of carboxylic acid groups (broad SMARTS) is 1. The van der Waals surface area contributed by atoms with E-state index in [1.807, 2.05) is 4.90 Å². The molecule has 1 aliphatic rings. The molecule has 5 nitrogen and oxygen atoms in total. The zero-order valence-electron chi connectivity index (χ0n) is 11.4. The van der Waals surface area contributed by atoms with Gasteiger partial charge in [-0.1, -0.05) is 18.5 Å². The third kappa shape index (κ3) is 3.23. The SMILES string of the molecule is CCN1CCN(C(C(=O)O)c2cc(Cl)ccc2O)CC1. The number of rotatable bonds is 4. The van der Waals surface area contributed by atoms with Crippen molar-refractivity contribution in [1.82, 2.24) is 9.80 Å². The number of phenolic OH excluding ortho intramolecular Hbond substituents is 1. The molecule has 0 bridgehead atoms. The lowest BCUT2D eigenvalue weighted by atomic mass is 10.0. The summed E-state index contributed by atoms with van der Waals surface area (Å²) >= 11 is 5.92. The first-order valence-corrected chi connectivity index (χ1v) is 7.08. The zero-order valence-corrected chi connectivity index (χ0v) is 12.2. The van der Waals surface area contributed by atoms with Crippen LogP contribution in [0.25, 0.3) is 0 Å². The minimum Gasteiger partial charge on any atom is -0.508 e. The van der Waals surface area contributed by atoms with Gasteiger partial charge in [0.25, 0.3) is 0 Å². The number of aromatic hydroxyl groups is 1. The number of hydrogen-bond donors (Lipinski definition) is 2. The van der Waals surface area contributed by atoms with E-state index < -0.39 is 12.0 Å². The summed E-state index contributed by atoms with van der Waals surface area (Å²) in [5.74, 6) is -0.993. The summed E-state index contributed by atoms with van der Waals surface area (Å²) in [7, 11) is 0. The molecule has 2 N–H and O–H groups in total. The van der Waals surface area contributed by atoms with Crippen molar-refractivity contribution >= 4 is 17.6 Å². The van der Waals surface area contributed by atoms with Gasteiger partial charge in [0, 0.05) is 36.8 Å². The van der Waals surface area contributed by atoms with Crippen molar-refractivity contribution in [3.05, 3.63) is 28.8 Å².